The van der Waals surface area contributed by atoms with Crippen LogP contribution in [0.25, 0.3) is 0 Å². The molecule has 102 valence electrons. The summed E-state index contributed by atoms with van der Waals surface area (Å²) in [6.07, 6.45) is 1.35. The summed E-state index contributed by atoms with van der Waals surface area (Å²) in [6, 6.07) is 3.32. The Morgan fingerprint density at radius 1 is 1.37 bits per heavy atom. The minimum absolute atomic E-state index is 0.189. The number of aliphatic hydroxyl groups excluding tert-OH is 1. The van der Waals surface area contributed by atoms with Crippen molar-refractivity contribution in [2.24, 2.45) is 0 Å². The first kappa shape index (κ1) is 14.7. The molecule has 6 heteroatoms. The molecule has 0 saturated carbocycles. The Kier molecular flexibility index (Phi) is 5.15. The molecule has 0 spiro atoms. The second-order valence-electron chi connectivity index (χ2n) is 4.05. The van der Waals surface area contributed by atoms with Gasteiger partial charge in [0, 0.05) is 38.3 Å². The SMILES string of the molecule is CSc1csc(CC(=O)C(O)Cc2cc(F)cs2)c1. The predicted octanol–water partition coefficient (Wildman–Crippen LogP) is 3.39. The van der Waals surface area contributed by atoms with Crippen molar-refractivity contribution in [1.29, 1.82) is 0 Å². The van der Waals surface area contributed by atoms with Crippen LogP contribution >= 0.6 is 34.4 Å². The molecule has 0 aromatic carbocycles. The highest BCUT2D eigenvalue weighted by Gasteiger charge is 2.18. The van der Waals surface area contributed by atoms with Crippen LogP contribution in [-0.4, -0.2) is 23.2 Å². The van der Waals surface area contributed by atoms with Gasteiger partial charge in [-0.05, 0) is 18.4 Å². The molecule has 0 amide bonds. The number of rotatable bonds is 6. The van der Waals surface area contributed by atoms with Gasteiger partial charge in [0.25, 0.3) is 0 Å². The molecule has 0 aliphatic carbocycles. The number of hydrogen-bond donors (Lipinski definition) is 1. The molecule has 1 unspecified atom stereocenters. The molecule has 1 atom stereocenters. The van der Waals surface area contributed by atoms with Gasteiger partial charge in [-0.2, -0.15) is 0 Å². The zero-order valence-corrected chi connectivity index (χ0v) is 12.7. The van der Waals surface area contributed by atoms with Crippen molar-refractivity contribution in [3.63, 3.8) is 0 Å². The summed E-state index contributed by atoms with van der Waals surface area (Å²) >= 11 is 4.37. The van der Waals surface area contributed by atoms with E-state index in [1.165, 1.54) is 34.1 Å². The highest BCUT2D eigenvalue weighted by molar-refractivity contribution is 7.98. The third kappa shape index (κ3) is 4.14. The van der Waals surface area contributed by atoms with Gasteiger partial charge in [0.05, 0.1) is 0 Å². The van der Waals surface area contributed by atoms with Crippen molar-refractivity contribution in [1.82, 2.24) is 0 Å². The Morgan fingerprint density at radius 2 is 2.11 bits per heavy atom. The number of thiophene rings is 2. The average molecular weight is 316 g/mol. The Labute approximate surface area is 123 Å². The highest BCUT2D eigenvalue weighted by atomic mass is 32.2. The number of thioether (sulfide) groups is 1. The maximum Gasteiger partial charge on any atom is 0.166 e. The number of ketones is 1. The first-order chi connectivity index (χ1) is 9.08. The largest absolute Gasteiger partial charge is 0.385 e. The van der Waals surface area contributed by atoms with Crippen molar-refractivity contribution in [3.8, 4) is 0 Å². The van der Waals surface area contributed by atoms with E-state index in [-0.39, 0.29) is 24.4 Å². The Hall–Kier alpha value is -0.690. The monoisotopic (exact) mass is 316 g/mol. The van der Waals surface area contributed by atoms with Crippen LogP contribution in [0.1, 0.15) is 9.75 Å². The lowest BCUT2D eigenvalue weighted by Crippen LogP contribution is -2.24. The van der Waals surface area contributed by atoms with Crippen LogP contribution in [0.2, 0.25) is 0 Å². The topological polar surface area (TPSA) is 37.3 Å². The van der Waals surface area contributed by atoms with Crippen molar-refractivity contribution >= 4 is 40.2 Å². The second-order valence-corrected chi connectivity index (χ2v) is 6.92. The minimum Gasteiger partial charge on any atom is -0.385 e. The number of carbonyl (C=O) groups is 1. The molecule has 19 heavy (non-hydrogen) atoms. The van der Waals surface area contributed by atoms with Gasteiger partial charge in [-0.1, -0.05) is 0 Å². The Morgan fingerprint density at radius 3 is 2.68 bits per heavy atom. The van der Waals surface area contributed by atoms with E-state index >= 15 is 0 Å². The second kappa shape index (κ2) is 6.65. The molecule has 1 N–H and O–H groups in total. The van der Waals surface area contributed by atoms with E-state index in [4.69, 9.17) is 0 Å². The molecule has 0 saturated heterocycles. The lowest BCUT2D eigenvalue weighted by molar-refractivity contribution is -0.126. The average Bonchev–Trinajstić information content (AvgIpc) is 2.98. The van der Waals surface area contributed by atoms with E-state index in [1.54, 1.807) is 11.8 Å². The van der Waals surface area contributed by atoms with Gasteiger partial charge in [-0.3, -0.25) is 4.79 Å². The fourth-order valence-electron chi connectivity index (χ4n) is 1.61. The van der Waals surface area contributed by atoms with Crippen molar-refractivity contribution in [2.45, 2.75) is 23.8 Å². The van der Waals surface area contributed by atoms with Crippen LogP contribution in [0.3, 0.4) is 0 Å². The summed E-state index contributed by atoms with van der Waals surface area (Å²) in [6.45, 7) is 0. The molecule has 0 aliphatic rings. The summed E-state index contributed by atoms with van der Waals surface area (Å²) < 4.78 is 12.8. The Bertz CT molecular complexity index is 562. The molecule has 0 fully saturated rings. The zero-order valence-electron chi connectivity index (χ0n) is 10.3. The van der Waals surface area contributed by atoms with Crippen LogP contribution < -0.4 is 0 Å². The zero-order chi connectivity index (χ0) is 13.8. The summed E-state index contributed by atoms with van der Waals surface area (Å²) in [5, 5.41) is 13.2. The van der Waals surface area contributed by atoms with Crippen LogP contribution in [-0.2, 0) is 17.6 Å². The quantitative estimate of drug-likeness (QED) is 0.830. The van der Waals surface area contributed by atoms with E-state index in [0.29, 0.717) is 4.88 Å². The first-order valence-corrected chi connectivity index (χ1v) is 8.62. The van der Waals surface area contributed by atoms with Gasteiger partial charge in [0.15, 0.2) is 5.78 Å². The Balaban J connectivity index is 1.91. The van der Waals surface area contributed by atoms with Crippen LogP contribution in [0, 0.1) is 5.82 Å². The van der Waals surface area contributed by atoms with E-state index in [0.717, 1.165) is 9.77 Å². The molecular formula is C13H13FO2S3. The van der Waals surface area contributed by atoms with Gasteiger partial charge < -0.3 is 5.11 Å². The molecule has 2 rings (SSSR count). The predicted molar refractivity (Wildman–Crippen MR) is 78.8 cm³/mol. The number of halogens is 1. The summed E-state index contributed by atoms with van der Waals surface area (Å²) in [7, 11) is 0. The molecule has 2 nitrogen and oxygen atoms in total. The summed E-state index contributed by atoms with van der Waals surface area (Å²) in [5.74, 6) is -0.536. The van der Waals surface area contributed by atoms with Crippen molar-refractivity contribution in [3.05, 3.63) is 38.5 Å². The fraction of sp³-hybridized carbons (Fsp3) is 0.308. The molecule has 0 bridgehead atoms. The first-order valence-electron chi connectivity index (χ1n) is 5.63. The van der Waals surface area contributed by atoms with Gasteiger partial charge in [0.2, 0.25) is 0 Å². The van der Waals surface area contributed by atoms with Gasteiger partial charge in [-0.25, -0.2) is 4.39 Å². The van der Waals surface area contributed by atoms with Gasteiger partial charge in [0.1, 0.15) is 11.9 Å². The van der Waals surface area contributed by atoms with Crippen molar-refractivity contribution < 1.29 is 14.3 Å². The third-order valence-corrected chi connectivity index (χ3v) is 5.33. The minimum atomic E-state index is -1.06. The van der Waals surface area contributed by atoms with E-state index in [2.05, 4.69) is 0 Å². The number of Topliss-reactive ketones (excluding diaryl/α,β-unsaturated/α-hetero) is 1. The number of aliphatic hydroxyl groups is 1. The van der Waals surface area contributed by atoms with Crippen LogP contribution in [0.15, 0.2) is 27.8 Å². The molecule has 2 aromatic heterocycles. The maximum atomic E-state index is 12.8. The fourth-order valence-corrected chi connectivity index (χ4v) is 4.00. The molecule has 2 heterocycles. The van der Waals surface area contributed by atoms with Crippen molar-refractivity contribution in [2.75, 3.05) is 6.26 Å². The smallest absolute Gasteiger partial charge is 0.166 e. The lowest BCUT2D eigenvalue weighted by Gasteiger charge is -2.07. The third-order valence-electron chi connectivity index (χ3n) is 2.60. The lowest BCUT2D eigenvalue weighted by atomic mass is 10.1. The maximum absolute atomic E-state index is 12.8. The van der Waals surface area contributed by atoms with Crippen LogP contribution in [0.4, 0.5) is 4.39 Å². The summed E-state index contributed by atoms with van der Waals surface area (Å²) in [5.41, 5.74) is 0. The van der Waals surface area contributed by atoms with Gasteiger partial charge >= 0.3 is 0 Å². The molecular weight excluding hydrogens is 303 g/mol. The standard InChI is InChI=1S/C13H13FO2S3/c1-17-11-3-10(19-7-11)5-13(16)12(15)4-9-2-8(14)6-18-9/h2-3,6-7,12,15H,4-5H2,1H3. The normalized spacial score (nSPS) is 12.6. The van der Waals surface area contributed by atoms with Gasteiger partial charge in [-0.15, -0.1) is 34.4 Å². The van der Waals surface area contributed by atoms with E-state index < -0.39 is 6.10 Å². The number of hydrogen-bond acceptors (Lipinski definition) is 5. The van der Waals surface area contributed by atoms with E-state index in [1.807, 2.05) is 17.7 Å². The van der Waals surface area contributed by atoms with Crippen LogP contribution in [0.5, 0.6) is 0 Å². The number of carbonyl (C=O) groups excluding carboxylic acids is 1. The molecule has 0 aliphatic heterocycles. The molecule has 2 aromatic rings. The highest BCUT2D eigenvalue weighted by Crippen LogP contribution is 2.24. The van der Waals surface area contributed by atoms with E-state index in [9.17, 15) is 14.3 Å². The summed E-state index contributed by atoms with van der Waals surface area (Å²) in [4.78, 5) is 14.6. The molecule has 0 radical (unpaired) electrons.